The molecule has 0 aliphatic carbocycles. The van der Waals surface area contributed by atoms with Crippen LogP contribution in [0.5, 0.6) is 0 Å². The maximum Gasteiger partial charge on any atom is 0.0765 e. The van der Waals surface area contributed by atoms with Gasteiger partial charge in [0.1, 0.15) is 0 Å². The van der Waals surface area contributed by atoms with E-state index in [1.807, 2.05) is 55.4 Å². The quantitative estimate of drug-likeness (QED) is 0.309. The monoisotopic (exact) mass is 588 g/mol. The van der Waals surface area contributed by atoms with Crippen LogP contribution in [0.15, 0.2) is 97.8 Å². The number of fused-ring (bicyclic) bond motifs is 8. The fourth-order valence-corrected chi connectivity index (χ4v) is 5.55. The van der Waals surface area contributed by atoms with Crippen molar-refractivity contribution in [2.24, 2.45) is 0 Å². The number of hydrogen-bond acceptors (Lipinski definition) is 8. The molecule has 0 unspecified atom stereocenters. The van der Waals surface area contributed by atoms with E-state index in [0.717, 1.165) is 60.3 Å². The summed E-state index contributed by atoms with van der Waals surface area (Å²) in [7, 11) is 0. The zero-order valence-electron chi connectivity index (χ0n) is 24.7. The molecule has 0 atom stereocenters. The van der Waals surface area contributed by atoms with E-state index in [-0.39, 0.29) is 0 Å². The fraction of sp³-hybridized carbons (Fsp3) is 0.312. The molecule has 0 fully saturated rings. The van der Waals surface area contributed by atoms with Crippen molar-refractivity contribution in [3.05, 3.63) is 132 Å². The number of aromatic nitrogens is 10. The summed E-state index contributed by atoms with van der Waals surface area (Å²) in [5.74, 6) is 0. The SMILES string of the molecule is c1ccc(CN2Cc3ccn(n3)CCn3ccc(n3)CN(Cc3ccccn3)Cc3ccn(n3)CCn3ccc(n3)C2)nc1. The van der Waals surface area contributed by atoms with Crippen LogP contribution in [0, 0.1) is 0 Å². The second-order valence-electron chi connectivity index (χ2n) is 11.2. The van der Waals surface area contributed by atoms with Crippen LogP contribution in [0.4, 0.5) is 0 Å². The highest BCUT2D eigenvalue weighted by Crippen LogP contribution is 2.14. The van der Waals surface area contributed by atoms with Crippen molar-refractivity contribution in [2.45, 2.75) is 65.4 Å². The highest BCUT2D eigenvalue weighted by atomic mass is 15.3. The van der Waals surface area contributed by atoms with Gasteiger partial charge in [0.15, 0.2) is 0 Å². The summed E-state index contributed by atoms with van der Waals surface area (Å²) in [5, 5.41) is 19.6. The Morgan fingerprint density at radius 2 is 0.773 bits per heavy atom. The van der Waals surface area contributed by atoms with Gasteiger partial charge in [0, 0.05) is 76.4 Å². The van der Waals surface area contributed by atoms with Crippen molar-refractivity contribution >= 4 is 0 Å². The zero-order valence-corrected chi connectivity index (χ0v) is 24.7. The lowest BCUT2D eigenvalue weighted by Crippen LogP contribution is -2.24. The van der Waals surface area contributed by atoms with Crippen LogP contribution in [-0.4, -0.2) is 58.9 Å². The van der Waals surface area contributed by atoms with E-state index in [0.29, 0.717) is 39.3 Å². The van der Waals surface area contributed by atoms with Gasteiger partial charge in [-0.15, -0.1) is 0 Å². The second-order valence-corrected chi connectivity index (χ2v) is 11.2. The summed E-state index contributed by atoms with van der Waals surface area (Å²) in [5.41, 5.74) is 6.11. The first-order valence-electron chi connectivity index (χ1n) is 15.0. The van der Waals surface area contributed by atoms with Gasteiger partial charge in [0.2, 0.25) is 0 Å². The average Bonchev–Trinajstić information content (AvgIpc) is 3.85. The Morgan fingerprint density at radius 3 is 1.07 bits per heavy atom. The van der Waals surface area contributed by atoms with E-state index < -0.39 is 0 Å². The van der Waals surface area contributed by atoms with Gasteiger partial charge >= 0.3 is 0 Å². The number of aryl methyl sites for hydroxylation is 4. The van der Waals surface area contributed by atoms with E-state index in [2.05, 4.69) is 81.0 Å². The van der Waals surface area contributed by atoms with Gasteiger partial charge in [-0.25, -0.2) is 0 Å². The van der Waals surface area contributed by atoms with Gasteiger partial charge in [0.05, 0.1) is 60.3 Å². The summed E-state index contributed by atoms with van der Waals surface area (Å²) in [6.07, 6.45) is 11.9. The normalized spacial score (nSPS) is 15.5. The molecule has 0 saturated carbocycles. The molecule has 224 valence electrons. The molecule has 6 aromatic rings. The summed E-state index contributed by atoms with van der Waals surface area (Å²) < 4.78 is 8.00. The van der Waals surface area contributed by atoms with Gasteiger partial charge in [-0.05, 0) is 48.5 Å². The molecule has 0 N–H and O–H groups in total. The van der Waals surface area contributed by atoms with Crippen LogP contribution in [0.25, 0.3) is 0 Å². The molecule has 8 bridgehead atoms. The minimum Gasteiger partial charge on any atom is -0.286 e. The predicted molar refractivity (Wildman–Crippen MR) is 163 cm³/mol. The number of nitrogens with zero attached hydrogens (tertiary/aromatic N) is 12. The van der Waals surface area contributed by atoms with Gasteiger partial charge in [-0.1, -0.05) is 12.1 Å². The molecular weight excluding hydrogens is 552 g/mol. The smallest absolute Gasteiger partial charge is 0.0765 e. The zero-order chi connectivity index (χ0) is 29.6. The maximum absolute atomic E-state index is 4.89. The average molecular weight is 589 g/mol. The van der Waals surface area contributed by atoms with Gasteiger partial charge in [-0.2, -0.15) is 20.4 Å². The van der Waals surface area contributed by atoms with Gasteiger partial charge in [0.25, 0.3) is 0 Å². The van der Waals surface area contributed by atoms with Crippen molar-refractivity contribution in [2.75, 3.05) is 0 Å². The van der Waals surface area contributed by atoms with Crippen LogP contribution < -0.4 is 0 Å². The third kappa shape index (κ3) is 7.33. The summed E-state index contributed by atoms with van der Waals surface area (Å²) in [6.45, 7) is 7.17. The molecule has 0 aromatic carbocycles. The van der Waals surface area contributed by atoms with E-state index >= 15 is 0 Å². The fourth-order valence-electron chi connectivity index (χ4n) is 5.55. The first-order chi connectivity index (χ1) is 21.7. The number of pyridine rings is 2. The molecule has 0 spiro atoms. The highest BCUT2D eigenvalue weighted by molar-refractivity contribution is 5.09. The van der Waals surface area contributed by atoms with Crippen LogP contribution >= 0.6 is 0 Å². The first-order valence-corrected chi connectivity index (χ1v) is 15.0. The van der Waals surface area contributed by atoms with Crippen molar-refractivity contribution in [3.63, 3.8) is 0 Å². The molecule has 0 radical (unpaired) electrons. The standard InChI is InChI=1S/C32H36N12/c1-3-11-33-27(5-1)21-39-23-29-7-13-41(35-29)17-19-43-15-9-31(37-43)25-40(22-28-6-2-4-12-34-28)26-32-10-16-44(38-32)20-18-42-14-8-30(24-39)36-42/h1-16H,17-26H2. The minimum absolute atomic E-state index is 0.699. The van der Waals surface area contributed by atoms with Crippen molar-refractivity contribution in [3.8, 4) is 0 Å². The summed E-state index contributed by atoms with van der Waals surface area (Å²) in [6, 6.07) is 20.5. The topological polar surface area (TPSA) is 104 Å². The van der Waals surface area contributed by atoms with E-state index in [1.54, 1.807) is 0 Å². The molecule has 0 saturated heterocycles. The summed E-state index contributed by atoms with van der Waals surface area (Å²) >= 11 is 0. The Balaban J connectivity index is 1.13. The van der Waals surface area contributed by atoms with E-state index in [4.69, 9.17) is 20.4 Å². The molecular formula is C32H36N12. The van der Waals surface area contributed by atoms with E-state index in [1.165, 1.54) is 0 Å². The van der Waals surface area contributed by atoms with Crippen LogP contribution in [-0.2, 0) is 65.4 Å². The summed E-state index contributed by atoms with van der Waals surface area (Å²) in [4.78, 5) is 13.8. The molecule has 6 aromatic heterocycles. The third-order valence-electron chi connectivity index (χ3n) is 7.67. The highest BCUT2D eigenvalue weighted by Gasteiger charge is 2.15. The Kier molecular flexibility index (Phi) is 8.33. The van der Waals surface area contributed by atoms with Gasteiger partial charge in [-0.3, -0.25) is 38.5 Å². The number of rotatable bonds is 4. The van der Waals surface area contributed by atoms with Crippen LogP contribution in [0.1, 0.15) is 34.2 Å². The second kappa shape index (κ2) is 13.1. The molecule has 44 heavy (non-hydrogen) atoms. The van der Waals surface area contributed by atoms with Crippen molar-refractivity contribution < 1.29 is 0 Å². The molecule has 12 heteroatoms. The Bertz CT molecular complexity index is 1530. The Morgan fingerprint density at radius 1 is 0.432 bits per heavy atom. The lowest BCUT2D eigenvalue weighted by molar-refractivity contribution is 0.235. The van der Waals surface area contributed by atoms with Crippen LogP contribution in [0.2, 0.25) is 0 Å². The predicted octanol–water partition coefficient (Wildman–Crippen LogP) is 3.38. The molecule has 7 rings (SSSR count). The lowest BCUT2D eigenvalue weighted by Gasteiger charge is -2.20. The molecule has 1 aliphatic heterocycles. The van der Waals surface area contributed by atoms with Crippen LogP contribution in [0.3, 0.4) is 0 Å². The number of hydrogen-bond donors (Lipinski definition) is 0. The van der Waals surface area contributed by atoms with E-state index in [9.17, 15) is 0 Å². The minimum atomic E-state index is 0.699. The molecule has 7 heterocycles. The molecule has 0 amide bonds. The Hall–Kier alpha value is -4.94. The first kappa shape index (κ1) is 27.9. The van der Waals surface area contributed by atoms with Crippen molar-refractivity contribution in [1.29, 1.82) is 0 Å². The molecule has 1 aliphatic rings. The maximum atomic E-state index is 4.89. The van der Waals surface area contributed by atoms with Gasteiger partial charge < -0.3 is 0 Å². The third-order valence-corrected chi connectivity index (χ3v) is 7.67. The lowest BCUT2D eigenvalue weighted by atomic mass is 10.3. The Labute approximate surface area is 256 Å². The molecule has 12 nitrogen and oxygen atoms in total. The van der Waals surface area contributed by atoms with Crippen molar-refractivity contribution in [1.82, 2.24) is 58.9 Å². The largest absolute Gasteiger partial charge is 0.286 e.